The number of aliphatic hydroxyl groups is 1. The summed E-state index contributed by atoms with van der Waals surface area (Å²) in [6.07, 6.45) is 3.08. The highest BCUT2D eigenvalue weighted by atomic mass is 28.4. The van der Waals surface area contributed by atoms with Crippen molar-refractivity contribution in [3.8, 4) is 0 Å². The summed E-state index contributed by atoms with van der Waals surface area (Å²) in [6.45, 7) is 17.7. The van der Waals surface area contributed by atoms with Gasteiger partial charge in [-0.15, -0.1) is 6.58 Å². The predicted octanol–water partition coefficient (Wildman–Crippen LogP) is 3.97. The molecule has 1 N–H and O–H groups in total. The zero-order chi connectivity index (χ0) is 13.7. The maximum Gasteiger partial charge on any atom is 0.191 e. The lowest BCUT2D eigenvalue weighted by atomic mass is 9.99. The van der Waals surface area contributed by atoms with Crippen LogP contribution in [0.2, 0.25) is 18.1 Å². The molecule has 0 fully saturated rings. The molecule has 0 aliphatic rings. The minimum Gasteiger partial charge on any atom is -0.417 e. The molecule has 0 radical (unpaired) electrons. The lowest BCUT2D eigenvalue weighted by molar-refractivity contribution is 0.102. The van der Waals surface area contributed by atoms with E-state index in [2.05, 4.69) is 47.4 Å². The van der Waals surface area contributed by atoms with E-state index in [-0.39, 0.29) is 17.1 Å². The minimum atomic E-state index is -1.63. The maximum atomic E-state index is 9.79. The van der Waals surface area contributed by atoms with Crippen molar-refractivity contribution < 1.29 is 9.53 Å². The van der Waals surface area contributed by atoms with Crippen molar-refractivity contribution in [1.29, 1.82) is 0 Å². The normalized spacial score (nSPS) is 16.6. The summed E-state index contributed by atoms with van der Waals surface area (Å²) in [6, 6.07) is 0. The molecule has 0 bridgehead atoms. The van der Waals surface area contributed by atoms with Crippen LogP contribution in [0.4, 0.5) is 0 Å². The number of rotatable bonds is 7. The standard InChI is InChI=1S/C14H30O2Si/c1-8-9-13(15)12(2)10-11-16-17(6,7)14(3,4)5/h8,12-13,15H,1,9-11H2,2-7H3/t12-,13-/m0/s1. The Morgan fingerprint density at radius 1 is 1.35 bits per heavy atom. The van der Waals surface area contributed by atoms with Gasteiger partial charge in [-0.2, -0.15) is 0 Å². The van der Waals surface area contributed by atoms with Crippen LogP contribution >= 0.6 is 0 Å². The molecule has 0 aromatic rings. The average molecular weight is 258 g/mol. The third-order valence-corrected chi connectivity index (χ3v) is 8.45. The third-order valence-electron chi connectivity index (χ3n) is 3.91. The Bertz CT molecular complexity index is 231. The maximum absolute atomic E-state index is 9.79. The largest absolute Gasteiger partial charge is 0.417 e. The van der Waals surface area contributed by atoms with E-state index in [0.717, 1.165) is 13.0 Å². The van der Waals surface area contributed by atoms with Crippen LogP contribution in [0.1, 0.15) is 40.5 Å². The average Bonchev–Trinajstić information content (AvgIpc) is 2.15. The molecule has 102 valence electrons. The molecule has 0 aromatic heterocycles. The van der Waals surface area contributed by atoms with Gasteiger partial charge in [0, 0.05) is 6.61 Å². The summed E-state index contributed by atoms with van der Waals surface area (Å²) < 4.78 is 6.09. The Hall–Kier alpha value is -0.123. The highest BCUT2D eigenvalue weighted by Gasteiger charge is 2.37. The molecule has 0 heterocycles. The highest BCUT2D eigenvalue weighted by molar-refractivity contribution is 6.74. The van der Waals surface area contributed by atoms with Crippen molar-refractivity contribution in [1.82, 2.24) is 0 Å². The van der Waals surface area contributed by atoms with Gasteiger partial charge in [0.15, 0.2) is 8.32 Å². The number of hydrogen-bond donors (Lipinski definition) is 1. The molecule has 2 nitrogen and oxygen atoms in total. The molecule has 3 heteroatoms. The van der Waals surface area contributed by atoms with Crippen LogP contribution in [0.25, 0.3) is 0 Å². The van der Waals surface area contributed by atoms with Gasteiger partial charge in [-0.3, -0.25) is 0 Å². The summed E-state index contributed by atoms with van der Waals surface area (Å²) >= 11 is 0. The van der Waals surface area contributed by atoms with Gasteiger partial charge in [-0.05, 0) is 36.9 Å². The van der Waals surface area contributed by atoms with E-state index in [4.69, 9.17) is 4.43 Å². The van der Waals surface area contributed by atoms with Crippen molar-refractivity contribution in [2.75, 3.05) is 6.61 Å². The summed E-state index contributed by atoms with van der Waals surface area (Å²) in [7, 11) is -1.63. The summed E-state index contributed by atoms with van der Waals surface area (Å²) in [5, 5.41) is 10.1. The van der Waals surface area contributed by atoms with Crippen LogP contribution < -0.4 is 0 Å². The van der Waals surface area contributed by atoms with Gasteiger partial charge in [0.1, 0.15) is 0 Å². The summed E-state index contributed by atoms with van der Waals surface area (Å²) in [5.41, 5.74) is 0. The summed E-state index contributed by atoms with van der Waals surface area (Å²) in [5.74, 6) is 0.276. The van der Waals surface area contributed by atoms with Crippen molar-refractivity contribution >= 4 is 8.32 Å². The van der Waals surface area contributed by atoms with Gasteiger partial charge in [-0.25, -0.2) is 0 Å². The van der Waals surface area contributed by atoms with Crippen LogP contribution in [0.15, 0.2) is 12.7 Å². The minimum absolute atomic E-state index is 0.260. The molecule has 0 aliphatic carbocycles. The third kappa shape index (κ3) is 5.84. The fourth-order valence-corrected chi connectivity index (χ4v) is 2.37. The van der Waals surface area contributed by atoms with E-state index in [9.17, 15) is 5.11 Å². The van der Waals surface area contributed by atoms with Crippen LogP contribution in [-0.4, -0.2) is 26.1 Å². The topological polar surface area (TPSA) is 29.5 Å². The second kappa shape index (κ2) is 6.71. The molecule has 0 saturated heterocycles. The first-order valence-electron chi connectivity index (χ1n) is 6.54. The Kier molecular flexibility index (Phi) is 6.67. The molecule has 0 unspecified atom stereocenters. The predicted molar refractivity (Wildman–Crippen MR) is 77.8 cm³/mol. The van der Waals surface area contributed by atoms with Crippen LogP contribution in [0.5, 0.6) is 0 Å². The lowest BCUT2D eigenvalue weighted by Gasteiger charge is -2.36. The Morgan fingerprint density at radius 3 is 2.29 bits per heavy atom. The first-order valence-corrected chi connectivity index (χ1v) is 9.45. The smallest absolute Gasteiger partial charge is 0.191 e. The molecule has 0 spiro atoms. The van der Waals surface area contributed by atoms with Gasteiger partial charge in [0.05, 0.1) is 6.10 Å². The van der Waals surface area contributed by atoms with Gasteiger partial charge >= 0.3 is 0 Å². The van der Waals surface area contributed by atoms with E-state index >= 15 is 0 Å². The molecule has 0 saturated carbocycles. The molecule has 0 amide bonds. The van der Waals surface area contributed by atoms with E-state index < -0.39 is 8.32 Å². The van der Waals surface area contributed by atoms with Crippen molar-refractivity contribution in [2.45, 2.75) is 64.8 Å². The van der Waals surface area contributed by atoms with E-state index in [0.29, 0.717) is 6.42 Å². The fourth-order valence-electron chi connectivity index (χ4n) is 1.31. The molecule has 2 atom stereocenters. The SMILES string of the molecule is C=CC[C@H](O)[C@@H](C)CCO[Si](C)(C)C(C)(C)C. The molecule has 0 aliphatic heterocycles. The Morgan fingerprint density at radius 2 is 1.88 bits per heavy atom. The van der Waals surface area contributed by atoms with E-state index in [1.807, 2.05) is 0 Å². The second-order valence-electron chi connectivity index (χ2n) is 6.47. The fraction of sp³-hybridized carbons (Fsp3) is 0.857. The van der Waals surface area contributed by atoms with Gasteiger partial charge in [0.2, 0.25) is 0 Å². The monoisotopic (exact) mass is 258 g/mol. The molecular formula is C14H30O2Si. The molecular weight excluding hydrogens is 228 g/mol. The van der Waals surface area contributed by atoms with Crippen LogP contribution in [0.3, 0.4) is 0 Å². The lowest BCUT2D eigenvalue weighted by Crippen LogP contribution is -2.41. The van der Waals surface area contributed by atoms with Crippen LogP contribution in [0, 0.1) is 5.92 Å². The van der Waals surface area contributed by atoms with E-state index in [1.165, 1.54) is 0 Å². The highest BCUT2D eigenvalue weighted by Crippen LogP contribution is 2.36. The van der Waals surface area contributed by atoms with Crippen LogP contribution in [-0.2, 0) is 4.43 Å². The van der Waals surface area contributed by atoms with Gasteiger partial charge in [0.25, 0.3) is 0 Å². The number of aliphatic hydroxyl groups excluding tert-OH is 1. The van der Waals surface area contributed by atoms with Crippen molar-refractivity contribution in [2.24, 2.45) is 5.92 Å². The zero-order valence-electron chi connectivity index (χ0n) is 12.4. The quantitative estimate of drug-likeness (QED) is 0.553. The number of hydrogen-bond acceptors (Lipinski definition) is 2. The van der Waals surface area contributed by atoms with Gasteiger partial charge < -0.3 is 9.53 Å². The zero-order valence-corrected chi connectivity index (χ0v) is 13.4. The van der Waals surface area contributed by atoms with E-state index in [1.54, 1.807) is 6.08 Å². The molecule has 0 rings (SSSR count). The Balaban J connectivity index is 4.03. The molecule has 0 aromatic carbocycles. The first kappa shape index (κ1) is 16.9. The van der Waals surface area contributed by atoms with Crippen molar-refractivity contribution in [3.63, 3.8) is 0 Å². The first-order chi connectivity index (χ1) is 7.62. The van der Waals surface area contributed by atoms with Crippen molar-refractivity contribution in [3.05, 3.63) is 12.7 Å². The molecule has 17 heavy (non-hydrogen) atoms. The Labute approximate surface area is 108 Å². The second-order valence-corrected chi connectivity index (χ2v) is 11.3. The van der Waals surface area contributed by atoms with Gasteiger partial charge in [-0.1, -0.05) is 33.8 Å². The summed E-state index contributed by atoms with van der Waals surface area (Å²) in [4.78, 5) is 0.